The smallest absolute Gasteiger partial charge is 0.210 e. The Morgan fingerprint density at radius 2 is 2.10 bits per heavy atom. The van der Waals surface area contributed by atoms with E-state index in [1.54, 1.807) is 18.9 Å². The number of halogens is 1. The van der Waals surface area contributed by atoms with Crippen LogP contribution in [-0.4, -0.2) is 27.3 Å². The van der Waals surface area contributed by atoms with Crippen molar-refractivity contribution >= 4 is 27.7 Å². The quantitative estimate of drug-likeness (QED) is 0.784. The zero-order valence-electron chi connectivity index (χ0n) is 11.9. The topological polar surface area (TPSA) is 52.8 Å². The van der Waals surface area contributed by atoms with Crippen LogP contribution in [0, 0.1) is 0 Å². The molecule has 20 heavy (non-hydrogen) atoms. The molecule has 0 radical (unpaired) electrons. The van der Waals surface area contributed by atoms with Crippen LogP contribution < -0.4 is 4.74 Å². The average molecular weight is 357 g/mol. The largest absolute Gasteiger partial charge is 0.496 e. The average Bonchev–Trinajstić information content (AvgIpc) is 2.84. The highest BCUT2D eigenvalue weighted by Gasteiger charge is 2.20. The van der Waals surface area contributed by atoms with Crippen LogP contribution in [-0.2, 0) is 11.3 Å². The number of rotatable bonds is 4. The van der Waals surface area contributed by atoms with Gasteiger partial charge in [-0.05, 0) is 49.4 Å². The van der Waals surface area contributed by atoms with Crippen LogP contribution in [0.1, 0.15) is 26.3 Å². The molecule has 0 saturated carbocycles. The van der Waals surface area contributed by atoms with E-state index < -0.39 is 0 Å². The first-order chi connectivity index (χ1) is 9.41. The molecule has 5 nitrogen and oxygen atoms in total. The lowest BCUT2D eigenvalue weighted by Gasteiger charge is -2.19. The zero-order chi connectivity index (χ0) is 14.8. The Kier molecular flexibility index (Phi) is 4.70. The van der Waals surface area contributed by atoms with Crippen LogP contribution in [0.5, 0.6) is 5.75 Å². The second-order valence-corrected chi connectivity index (χ2v) is 7.15. The van der Waals surface area contributed by atoms with Crippen molar-refractivity contribution in [3.05, 3.63) is 28.2 Å². The molecule has 1 aromatic carbocycles. The van der Waals surface area contributed by atoms with Crippen molar-refractivity contribution in [1.29, 1.82) is 0 Å². The molecule has 0 unspecified atom stereocenters. The van der Waals surface area contributed by atoms with E-state index in [4.69, 9.17) is 4.74 Å². The molecule has 7 heteroatoms. The summed E-state index contributed by atoms with van der Waals surface area (Å²) in [5.41, 5.74) is 0.975. The minimum atomic E-state index is -0.132. The first-order valence-corrected chi connectivity index (χ1v) is 7.94. The number of thioether (sulfide) groups is 1. The number of nitrogens with zero attached hydrogens (tertiary/aromatic N) is 4. The SMILES string of the molecule is COc1ccc(Br)cc1CSc1nnnn1C(C)(C)C. The number of hydrogen-bond donors (Lipinski definition) is 0. The van der Waals surface area contributed by atoms with Crippen molar-refractivity contribution < 1.29 is 4.74 Å². The van der Waals surface area contributed by atoms with Crippen LogP contribution in [0.4, 0.5) is 0 Å². The van der Waals surface area contributed by atoms with Crippen LogP contribution >= 0.6 is 27.7 Å². The van der Waals surface area contributed by atoms with Gasteiger partial charge in [0.05, 0.1) is 12.6 Å². The second-order valence-electron chi connectivity index (χ2n) is 5.29. The summed E-state index contributed by atoms with van der Waals surface area (Å²) in [4.78, 5) is 0. The first-order valence-electron chi connectivity index (χ1n) is 6.16. The van der Waals surface area contributed by atoms with Gasteiger partial charge in [0.1, 0.15) is 5.75 Å². The fraction of sp³-hybridized carbons (Fsp3) is 0.462. The molecule has 0 fully saturated rings. The predicted octanol–water partition coefficient (Wildman–Crippen LogP) is 3.49. The van der Waals surface area contributed by atoms with Gasteiger partial charge in [0.2, 0.25) is 5.16 Å². The van der Waals surface area contributed by atoms with Crippen LogP contribution in [0.15, 0.2) is 27.8 Å². The van der Waals surface area contributed by atoms with Gasteiger partial charge in [-0.1, -0.05) is 27.7 Å². The van der Waals surface area contributed by atoms with Crippen LogP contribution in [0.25, 0.3) is 0 Å². The minimum Gasteiger partial charge on any atom is -0.496 e. The summed E-state index contributed by atoms with van der Waals surface area (Å²) in [7, 11) is 1.68. The van der Waals surface area contributed by atoms with E-state index in [9.17, 15) is 0 Å². The molecular weight excluding hydrogens is 340 g/mol. The van der Waals surface area contributed by atoms with E-state index in [0.29, 0.717) is 0 Å². The summed E-state index contributed by atoms with van der Waals surface area (Å²) in [5, 5.41) is 12.7. The van der Waals surface area contributed by atoms with Gasteiger partial charge in [0, 0.05) is 15.8 Å². The fourth-order valence-corrected chi connectivity index (χ4v) is 3.14. The zero-order valence-corrected chi connectivity index (χ0v) is 14.3. The lowest BCUT2D eigenvalue weighted by atomic mass is 10.1. The molecular formula is C13H17BrN4OS. The standard InChI is InChI=1S/C13H17BrN4OS/c1-13(2,3)18-12(15-16-17-18)20-8-9-7-10(14)5-6-11(9)19-4/h5-7H,8H2,1-4H3. The Morgan fingerprint density at radius 1 is 1.35 bits per heavy atom. The lowest BCUT2D eigenvalue weighted by Crippen LogP contribution is -2.24. The maximum Gasteiger partial charge on any atom is 0.210 e. The number of benzene rings is 1. The van der Waals surface area contributed by atoms with Crippen molar-refractivity contribution in [2.24, 2.45) is 0 Å². The molecule has 0 atom stereocenters. The van der Waals surface area contributed by atoms with Gasteiger partial charge in [0.25, 0.3) is 0 Å². The van der Waals surface area contributed by atoms with Crippen molar-refractivity contribution in [1.82, 2.24) is 20.2 Å². The molecule has 1 heterocycles. The molecule has 0 bridgehead atoms. The molecule has 0 aliphatic heterocycles. The maximum atomic E-state index is 5.38. The molecule has 2 rings (SSSR count). The monoisotopic (exact) mass is 356 g/mol. The third-order valence-corrected chi connectivity index (χ3v) is 4.14. The van der Waals surface area contributed by atoms with E-state index in [1.807, 2.05) is 16.8 Å². The Balaban J connectivity index is 2.17. The summed E-state index contributed by atoms with van der Waals surface area (Å²) in [5.74, 6) is 1.62. The van der Waals surface area contributed by atoms with Gasteiger partial charge in [0.15, 0.2) is 0 Å². The van der Waals surface area contributed by atoms with E-state index >= 15 is 0 Å². The Hall–Kier alpha value is -1.08. The second kappa shape index (κ2) is 6.13. The number of aromatic nitrogens is 4. The van der Waals surface area contributed by atoms with E-state index in [-0.39, 0.29) is 5.54 Å². The van der Waals surface area contributed by atoms with Crippen molar-refractivity contribution in [3.63, 3.8) is 0 Å². The molecule has 0 amide bonds. The summed E-state index contributed by atoms with van der Waals surface area (Å²) in [6.45, 7) is 6.23. The van der Waals surface area contributed by atoms with Crippen LogP contribution in [0.3, 0.4) is 0 Å². The highest BCUT2D eigenvalue weighted by molar-refractivity contribution is 9.10. The minimum absolute atomic E-state index is 0.132. The van der Waals surface area contributed by atoms with Crippen molar-refractivity contribution in [3.8, 4) is 5.75 Å². The predicted molar refractivity (Wildman–Crippen MR) is 83.1 cm³/mol. The van der Waals surface area contributed by atoms with Gasteiger partial charge in [-0.2, -0.15) is 0 Å². The maximum absolute atomic E-state index is 5.38. The Bertz CT molecular complexity index is 594. The fourth-order valence-electron chi connectivity index (χ4n) is 1.69. The third-order valence-electron chi connectivity index (χ3n) is 2.68. The summed E-state index contributed by atoms with van der Waals surface area (Å²) >= 11 is 5.08. The van der Waals surface area contributed by atoms with Crippen LogP contribution in [0.2, 0.25) is 0 Å². The first kappa shape index (κ1) is 15.3. The van der Waals surface area contributed by atoms with E-state index in [0.717, 1.165) is 26.7 Å². The van der Waals surface area contributed by atoms with Gasteiger partial charge < -0.3 is 4.74 Å². The molecule has 0 aliphatic rings. The summed E-state index contributed by atoms with van der Waals surface area (Å²) in [6.07, 6.45) is 0. The number of hydrogen-bond acceptors (Lipinski definition) is 5. The lowest BCUT2D eigenvalue weighted by molar-refractivity contribution is 0.321. The molecule has 0 saturated heterocycles. The van der Waals surface area contributed by atoms with Gasteiger partial charge in [-0.25, -0.2) is 4.68 Å². The summed E-state index contributed by atoms with van der Waals surface area (Å²) in [6, 6.07) is 5.97. The number of methoxy groups -OCH3 is 1. The molecule has 108 valence electrons. The van der Waals surface area contributed by atoms with Crippen molar-refractivity contribution in [2.75, 3.05) is 7.11 Å². The molecule has 2 aromatic rings. The number of tetrazole rings is 1. The molecule has 0 spiro atoms. The van der Waals surface area contributed by atoms with Crippen molar-refractivity contribution in [2.45, 2.75) is 37.2 Å². The molecule has 0 aliphatic carbocycles. The highest BCUT2D eigenvalue weighted by Crippen LogP contribution is 2.30. The van der Waals surface area contributed by atoms with Gasteiger partial charge in [-0.15, -0.1) is 5.10 Å². The van der Waals surface area contributed by atoms with E-state index in [2.05, 4.69) is 58.3 Å². The van der Waals surface area contributed by atoms with E-state index in [1.165, 1.54) is 0 Å². The normalized spacial score (nSPS) is 11.7. The Labute approximate surface area is 131 Å². The van der Waals surface area contributed by atoms with Gasteiger partial charge >= 0.3 is 0 Å². The third kappa shape index (κ3) is 3.52. The highest BCUT2D eigenvalue weighted by atomic mass is 79.9. The summed E-state index contributed by atoms with van der Waals surface area (Å²) < 4.78 is 8.24. The Morgan fingerprint density at radius 3 is 2.75 bits per heavy atom. The van der Waals surface area contributed by atoms with Gasteiger partial charge in [-0.3, -0.25) is 0 Å². The molecule has 1 aromatic heterocycles. The molecule has 0 N–H and O–H groups in total. The number of ether oxygens (including phenoxy) is 1.